The molecule has 3 amide bonds. The van der Waals surface area contributed by atoms with Crippen molar-refractivity contribution in [2.45, 2.75) is 13.8 Å². The zero-order chi connectivity index (χ0) is 24.6. The van der Waals surface area contributed by atoms with Gasteiger partial charge in [-0.25, -0.2) is 9.69 Å². The number of fused-ring (bicyclic) bond motifs is 1. The van der Waals surface area contributed by atoms with Gasteiger partial charge in [0, 0.05) is 0 Å². The summed E-state index contributed by atoms with van der Waals surface area (Å²) in [5.74, 6) is -2.54. The van der Waals surface area contributed by atoms with Crippen LogP contribution in [0.3, 0.4) is 0 Å². The smallest absolute Gasteiger partial charge is 0.338 e. The molecule has 0 radical (unpaired) electrons. The van der Waals surface area contributed by atoms with E-state index in [1.54, 1.807) is 37.3 Å². The summed E-state index contributed by atoms with van der Waals surface area (Å²) in [6.45, 7) is 3.13. The number of rotatable bonds is 5. The van der Waals surface area contributed by atoms with Crippen LogP contribution in [0.25, 0.3) is 0 Å². The van der Waals surface area contributed by atoms with Gasteiger partial charge in [0.15, 0.2) is 6.61 Å². The first-order valence-corrected chi connectivity index (χ1v) is 10.9. The Hall–Kier alpha value is -3.68. The Kier molecular flexibility index (Phi) is 6.41. The number of halogens is 2. The molecule has 0 saturated heterocycles. The molecule has 1 N–H and O–H groups in total. The van der Waals surface area contributed by atoms with Gasteiger partial charge < -0.3 is 10.1 Å². The van der Waals surface area contributed by atoms with Crippen molar-refractivity contribution in [2.75, 3.05) is 16.8 Å². The summed E-state index contributed by atoms with van der Waals surface area (Å²) in [5.41, 5.74) is 2.63. The fourth-order valence-electron chi connectivity index (χ4n) is 3.68. The van der Waals surface area contributed by atoms with Gasteiger partial charge in [0.1, 0.15) is 0 Å². The van der Waals surface area contributed by atoms with E-state index in [4.69, 9.17) is 27.9 Å². The Balaban J connectivity index is 1.46. The third-order valence-corrected chi connectivity index (χ3v) is 5.86. The number of aryl methyl sites for hydroxylation is 2. The highest BCUT2D eigenvalue weighted by Gasteiger charge is 2.38. The van der Waals surface area contributed by atoms with Crippen LogP contribution < -0.4 is 10.2 Å². The molecule has 0 aliphatic carbocycles. The molecular formula is C25H18Cl2N2O5. The van der Waals surface area contributed by atoms with E-state index >= 15 is 0 Å². The Bertz CT molecular complexity index is 1350. The summed E-state index contributed by atoms with van der Waals surface area (Å²) in [7, 11) is 0. The zero-order valence-electron chi connectivity index (χ0n) is 18.1. The number of nitrogens with zero attached hydrogens (tertiary/aromatic N) is 1. The molecule has 7 nitrogen and oxygen atoms in total. The van der Waals surface area contributed by atoms with E-state index in [0.29, 0.717) is 10.7 Å². The predicted molar refractivity (Wildman–Crippen MR) is 129 cm³/mol. The molecule has 0 atom stereocenters. The van der Waals surface area contributed by atoms with E-state index in [2.05, 4.69) is 5.32 Å². The maximum atomic E-state index is 12.9. The van der Waals surface area contributed by atoms with Crippen LogP contribution in [0.4, 0.5) is 11.4 Å². The number of para-hydroxylation sites is 1. The maximum absolute atomic E-state index is 12.9. The van der Waals surface area contributed by atoms with Crippen LogP contribution in [-0.2, 0) is 9.53 Å². The van der Waals surface area contributed by atoms with Crippen LogP contribution in [-0.4, -0.2) is 30.3 Å². The highest BCUT2D eigenvalue weighted by molar-refractivity contribution is 6.40. The third-order valence-electron chi connectivity index (χ3n) is 5.25. The number of anilines is 2. The summed E-state index contributed by atoms with van der Waals surface area (Å²) in [6.07, 6.45) is 0. The summed E-state index contributed by atoms with van der Waals surface area (Å²) < 4.78 is 5.09. The molecule has 3 aromatic carbocycles. The molecule has 0 bridgehead atoms. The third kappa shape index (κ3) is 4.40. The molecule has 172 valence electrons. The second-order valence-electron chi connectivity index (χ2n) is 7.72. The second-order valence-corrected chi connectivity index (χ2v) is 8.53. The maximum Gasteiger partial charge on any atom is 0.338 e. The molecule has 0 aromatic heterocycles. The van der Waals surface area contributed by atoms with Gasteiger partial charge in [-0.1, -0.05) is 41.4 Å². The number of nitrogens with one attached hydrogen (secondary N) is 1. The first kappa shape index (κ1) is 23.5. The van der Waals surface area contributed by atoms with Crippen LogP contribution in [0.15, 0.2) is 54.6 Å². The molecule has 3 aromatic rings. The molecular weight excluding hydrogens is 479 g/mol. The Morgan fingerprint density at radius 2 is 1.62 bits per heavy atom. The first-order valence-electron chi connectivity index (χ1n) is 10.2. The van der Waals surface area contributed by atoms with E-state index in [9.17, 15) is 19.2 Å². The average molecular weight is 497 g/mol. The van der Waals surface area contributed by atoms with E-state index < -0.39 is 30.3 Å². The number of hydrogen-bond acceptors (Lipinski definition) is 5. The van der Waals surface area contributed by atoms with Crippen LogP contribution in [0, 0.1) is 13.8 Å². The van der Waals surface area contributed by atoms with Crippen molar-refractivity contribution in [3.05, 3.63) is 92.5 Å². The number of ether oxygens (including phenoxy) is 1. The summed E-state index contributed by atoms with van der Waals surface area (Å²) in [4.78, 5) is 51.4. The van der Waals surface area contributed by atoms with E-state index in [1.165, 1.54) is 18.2 Å². The minimum Gasteiger partial charge on any atom is -0.452 e. The van der Waals surface area contributed by atoms with Crippen molar-refractivity contribution in [2.24, 2.45) is 0 Å². The normalized spacial score (nSPS) is 12.5. The van der Waals surface area contributed by atoms with Gasteiger partial charge in [-0.05, 0) is 61.4 Å². The molecule has 4 rings (SSSR count). The molecule has 0 unspecified atom stereocenters. The molecule has 0 saturated carbocycles. The largest absolute Gasteiger partial charge is 0.452 e. The monoisotopic (exact) mass is 496 g/mol. The van der Waals surface area contributed by atoms with Crippen molar-refractivity contribution in [3.63, 3.8) is 0 Å². The number of esters is 1. The first-order chi connectivity index (χ1) is 16.2. The lowest BCUT2D eigenvalue weighted by atomic mass is 10.1. The average Bonchev–Trinajstić information content (AvgIpc) is 3.04. The summed E-state index contributed by atoms with van der Waals surface area (Å²) in [6, 6.07) is 14.0. The Labute approximate surface area is 205 Å². The lowest BCUT2D eigenvalue weighted by molar-refractivity contribution is -0.119. The number of imide groups is 1. The molecule has 0 fully saturated rings. The number of hydrogen-bond donors (Lipinski definition) is 1. The van der Waals surface area contributed by atoms with Gasteiger partial charge in [0.05, 0.1) is 38.1 Å². The van der Waals surface area contributed by atoms with Crippen LogP contribution in [0.5, 0.6) is 0 Å². The van der Waals surface area contributed by atoms with E-state index in [-0.39, 0.29) is 27.4 Å². The lowest BCUT2D eigenvalue weighted by Crippen LogP contribution is -2.29. The zero-order valence-corrected chi connectivity index (χ0v) is 19.7. The van der Waals surface area contributed by atoms with Gasteiger partial charge >= 0.3 is 5.97 Å². The standard InChI is InChI=1S/C25H18Cl2N2O5/c1-13-9-14(2)22(19(27)10-13)28-21(30)12-34-25(33)15-7-8-16-17(11-15)24(32)29(23(16)31)20-6-4-3-5-18(20)26/h3-11H,12H2,1-2H3,(H,28,30). The van der Waals surface area contributed by atoms with Gasteiger partial charge in [-0.15, -0.1) is 0 Å². The highest BCUT2D eigenvalue weighted by atomic mass is 35.5. The van der Waals surface area contributed by atoms with Gasteiger partial charge in [0.2, 0.25) is 0 Å². The Morgan fingerprint density at radius 3 is 2.32 bits per heavy atom. The number of carbonyl (C=O) groups excluding carboxylic acids is 4. The van der Waals surface area contributed by atoms with Crippen molar-refractivity contribution in [1.82, 2.24) is 0 Å². The molecule has 0 spiro atoms. The van der Waals surface area contributed by atoms with Gasteiger partial charge in [-0.2, -0.15) is 0 Å². The molecule has 1 aliphatic heterocycles. The van der Waals surface area contributed by atoms with Crippen LogP contribution in [0.1, 0.15) is 42.2 Å². The predicted octanol–water partition coefficient (Wildman–Crippen LogP) is 5.21. The van der Waals surface area contributed by atoms with Crippen molar-refractivity contribution in [3.8, 4) is 0 Å². The molecule has 1 aliphatic rings. The quantitative estimate of drug-likeness (QED) is 0.386. The minimum atomic E-state index is -0.818. The SMILES string of the molecule is Cc1cc(C)c(NC(=O)COC(=O)c2ccc3c(c2)C(=O)N(c2ccccc2Cl)C3=O)c(Cl)c1. The minimum absolute atomic E-state index is 0.0262. The molecule has 9 heteroatoms. The van der Waals surface area contributed by atoms with Gasteiger partial charge in [-0.3, -0.25) is 14.4 Å². The summed E-state index contributed by atoms with van der Waals surface area (Å²) >= 11 is 12.3. The lowest BCUT2D eigenvalue weighted by Gasteiger charge is -2.15. The number of benzene rings is 3. The van der Waals surface area contributed by atoms with Crippen LogP contribution in [0.2, 0.25) is 10.0 Å². The van der Waals surface area contributed by atoms with E-state index in [1.807, 2.05) is 13.0 Å². The fourth-order valence-corrected chi connectivity index (χ4v) is 4.27. The summed E-state index contributed by atoms with van der Waals surface area (Å²) in [5, 5.41) is 3.25. The highest BCUT2D eigenvalue weighted by Crippen LogP contribution is 2.33. The van der Waals surface area contributed by atoms with Gasteiger partial charge in [0.25, 0.3) is 17.7 Å². The topological polar surface area (TPSA) is 92.8 Å². The second kappa shape index (κ2) is 9.29. The van der Waals surface area contributed by atoms with E-state index in [0.717, 1.165) is 16.0 Å². The van der Waals surface area contributed by atoms with Crippen molar-refractivity contribution >= 4 is 58.3 Å². The molecule has 34 heavy (non-hydrogen) atoms. The Morgan fingerprint density at radius 1 is 0.912 bits per heavy atom. The number of carbonyl (C=O) groups is 4. The van der Waals surface area contributed by atoms with Crippen molar-refractivity contribution < 1.29 is 23.9 Å². The van der Waals surface area contributed by atoms with Crippen LogP contribution >= 0.6 is 23.2 Å². The fraction of sp³-hybridized carbons (Fsp3) is 0.120. The van der Waals surface area contributed by atoms with Crippen molar-refractivity contribution in [1.29, 1.82) is 0 Å². The molecule has 1 heterocycles. The number of amides is 3.